The Morgan fingerprint density at radius 3 is 2.47 bits per heavy atom. The van der Waals surface area contributed by atoms with Gasteiger partial charge in [0.25, 0.3) is 0 Å². The standard InChI is InChI=1S/C22H24F3N3OS/c23-22(24,25)29-17-5-7-18(8-6-17)30-16-2-11-27-12-14-28(15-13-27)21-4-1-3-20-19(21)9-10-26-20/h1,3-10,26H,2,11-16H2. The summed E-state index contributed by atoms with van der Waals surface area (Å²) in [5.74, 6) is 0.752. The molecule has 1 aliphatic heterocycles. The number of piperazine rings is 1. The molecule has 0 amide bonds. The summed E-state index contributed by atoms with van der Waals surface area (Å²) in [5.41, 5.74) is 2.46. The van der Waals surface area contributed by atoms with Crippen molar-refractivity contribution in [3.63, 3.8) is 0 Å². The van der Waals surface area contributed by atoms with E-state index in [4.69, 9.17) is 0 Å². The van der Waals surface area contributed by atoms with Crippen LogP contribution in [-0.4, -0.2) is 54.7 Å². The zero-order valence-electron chi connectivity index (χ0n) is 16.5. The van der Waals surface area contributed by atoms with Crippen LogP contribution in [0, 0.1) is 0 Å². The van der Waals surface area contributed by atoms with Crippen LogP contribution in [0.1, 0.15) is 6.42 Å². The van der Waals surface area contributed by atoms with E-state index in [0.29, 0.717) is 0 Å². The Kier molecular flexibility index (Phi) is 6.43. The van der Waals surface area contributed by atoms with Gasteiger partial charge in [-0.25, -0.2) is 0 Å². The maximum absolute atomic E-state index is 12.2. The van der Waals surface area contributed by atoms with Crippen molar-refractivity contribution in [2.24, 2.45) is 0 Å². The third-order valence-electron chi connectivity index (χ3n) is 5.23. The molecule has 1 aromatic heterocycles. The van der Waals surface area contributed by atoms with Gasteiger partial charge in [-0.1, -0.05) is 6.07 Å². The predicted molar refractivity (Wildman–Crippen MR) is 115 cm³/mol. The number of halogens is 3. The number of fused-ring (bicyclic) bond motifs is 1. The van der Waals surface area contributed by atoms with Gasteiger partial charge >= 0.3 is 6.36 Å². The Balaban J connectivity index is 1.18. The summed E-state index contributed by atoms with van der Waals surface area (Å²) in [5, 5.41) is 1.27. The van der Waals surface area contributed by atoms with Gasteiger partial charge in [0, 0.05) is 53.9 Å². The van der Waals surface area contributed by atoms with Crippen LogP contribution in [0.4, 0.5) is 18.9 Å². The number of alkyl halides is 3. The van der Waals surface area contributed by atoms with Crippen molar-refractivity contribution in [2.45, 2.75) is 17.7 Å². The van der Waals surface area contributed by atoms with Gasteiger partial charge in [-0.05, 0) is 61.2 Å². The number of nitrogens with zero attached hydrogens (tertiary/aromatic N) is 2. The van der Waals surface area contributed by atoms with Gasteiger partial charge in [0.05, 0.1) is 0 Å². The zero-order chi connectivity index (χ0) is 21.0. The zero-order valence-corrected chi connectivity index (χ0v) is 17.3. The Bertz CT molecular complexity index is 950. The molecule has 1 saturated heterocycles. The van der Waals surface area contributed by atoms with Crippen LogP contribution in [-0.2, 0) is 0 Å². The highest BCUT2D eigenvalue weighted by atomic mass is 32.2. The highest BCUT2D eigenvalue weighted by molar-refractivity contribution is 7.99. The summed E-state index contributed by atoms with van der Waals surface area (Å²) in [6, 6.07) is 14.6. The van der Waals surface area contributed by atoms with Crippen LogP contribution in [0.2, 0.25) is 0 Å². The number of anilines is 1. The maximum Gasteiger partial charge on any atom is 0.573 e. The molecule has 3 aromatic rings. The molecule has 1 aliphatic rings. The third-order valence-corrected chi connectivity index (χ3v) is 6.33. The second kappa shape index (κ2) is 9.22. The van der Waals surface area contributed by atoms with Gasteiger partial charge in [0.1, 0.15) is 5.75 Å². The minimum absolute atomic E-state index is 0.181. The summed E-state index contributed by atoms with van der Waals surface area (Å²) in [6.07, 6.45) is -1.62. The van der Waals surface area contributed by atoms with Crippen molar-refractivity contribution in [3.8, 4) is 5.75 Å². The summed E-state index contributed by atoms with van der Waals surface area (Å²) in [6.45, 7) is 5.13. The van der Waals surface area contributed by atoms with Gasteiger partial charge in [0.2, 0.25) is 0 Å². The molecule has 0 spiro atoms. The maximum atomic E-state index is 12.2. The molecule has 0 saturated carbocycles. The van der Waals surface area contributed by atoms with Gasteiger partial charge in [0.15, 0.2) is 0 Å². The van der Waals surface area contributed by atoms with E-state index in [-0.39, 0.29) is 5.75 Å². The lowest BCUT2D eigenvalue weighted by Gasteiger charge is -2.36. The van der Waals surface area contributed by atoms with Crippen LogP contribution < -0.4 is 9.64 Å². The second-order valence-electron chi connectivity index (χ2n) is 7.27. The molecule has 0 aliphatic carbocycles. The van der Waals surface area contributed by atoms with Crippen LogP contribution >= 0.6 is 11.8 Å². The fourth-order valence-corrected chi connectivity index (χ4v) is 4.61. The average molecular weight is 436 g/mol. The van der Waals surface area contributed by atoms with E-state index in [0.717, 1.165) is 49.8 Å². The van der Waals surface area contributed by atoms with Crippen molar-refractivity contribution in [2.75, 3.05) is 43.4 Å². The summed E-state index contributed by atoms with van der Waals surface area (Å²) >= 11 is 1.66. The molecule has 2 heterocycles. The summed E-state index contributed by atoms with van der Waals surface area (Å²) in [7, 11) is 0. The number of ether oxygens (including phenoxy) is 1. The molecule has 4 rings (SSSR count). The van der Waals surface area contributed by atoms with Crippen LogP contribution in [0.3, 0.4) is 0 Å². The van der Waals surface area contributed by atoms with Gasteiger partial charge in [-0.3, -0.25) is 4.90 Å². The molecule has 8 heteroatoms. The lowest BCUT2D eigenvalue weighted by molar-refractivity contribution is -0.274. The SMILES string of the molecule is FC(F)(F)Oc1ccc(SCCCN2CCN(c3cccc4[nH]ccc34)CC2)cc1. The van der Waals surface area contributed by atoms with Gasteiger partial charge < -0.3 is 14.6 Å². The molecule has 2 aromatic carbocycles. The fraction of sp³-hybridized carbons (Fsp3) is 0.364. The smallest absolute Gasteiger partial charge is 0.406 e. The number of hydrogen-bond donors (Lipinski definition) is 1. The molecule has 0 radical (unpaired) electrons. The van der Waals surface area contributed by atoms with E-state index in [9.17, 15) is 13.2 Å². The van der Waals surface area contributed by atoms with Gasteiger partial charge in [-0.2, -0.15) is 0 Å². The molecule has 0 unspecified atom stereocenters. The minimum atomic E-state index is -4.65. The molecule has 0 atom stereocenters. The Morgan fingerprint density at radius 1 is 0.967 bits per heavy atom. The quantitative estimate of drug-likeness (QED) is 0.399. The van der Waals surface area contributed by atoms with Crippen LogP contribution in [0.15, 0.2) is 59.6 Å². The number of benzene rings is 2. The highest BCUT2D eigenvalue weighted by Gasteiger charge is 2.30. The van der Waals surface area contributed by atoms with Crippen LogP contribution in [0.25, 0.3) is 10.9 Å². The number of hydrogen-bond acceptors (Lipinski definition) is 4. The largest absolute Gasteiger partial charge is 0.573 e. The number of rotatable bonds is 7. The molecular formula is C22H24F3N3OS. The molecule has 1 N–H and O–H groups in total. The predicted octanol–water partition coefficient (Wildman–Crippen LogP) is 5.37. The molecule has 4 nitrogen and oxygen atoms in total. The topological polar surface area (TPSA) is 31.5 Å². The first-order valence-corrected chi connectivity index (χ1v) is 11.0. The fourth-order valence-electron chi connectivity index (χ4n) is 3.77. The van der Waals surface area contributed by atoms with Crippen molar-refractivity contribution in [1.82, 2.24) is 9.88 Å². The minimum Gasteiger partial charge on any atom is -0.406 e. The number of nitrogens with one attached hydrogen (secondary N) is 1. The second-order valence-corrected chi connectivity index (χ2v) is 8.43. The van der Waals surface area contributed by atoms with E-state index in [1.165, 1.54) is 28.7 Å². The van der Waals surface area contributed by atoms with Gasteiger partial charge in [-0.15, -0.1) is 24.9 Å². The summed E-state index contributed by atoms with van der Waals surface area (Å²) < 4.78 is 40.5. The molecular weight excluding hydrogens is 411 g/mol. The number of thioether (sulfide) groups is 1. The Hall–Kier alpha value is -2.32. The number of aromatic nitrogens is 1. The third kappa shape index (κ3) is 5.43. The molecule has 1 fully saturated rings. The van der Waals surface area contributed by atoms with Crippen molar-refractivity contribution < 1.29 is 17.9 Å². The van der Waals surface area contributed by atoms with Crippen LogP contribution in [0.5, 0.6) is 5.75 Å². The lowest BCUT2D eigenvalue weighted by Crippen LogP contribution is -2.46. The molecule has 160 valence electrons. The highest BCUT2D eigenvalue weighted by Crippen LogP contribution is 2.28. The number of aromatic amines is 1. The van der Waals surface area contributed by atoms with E-state index in [2.05, 4.69) is 43.8 Å². The Labute approximate surface area is 178 Å². The monoisotopic (exact) mass is 435 g/mol. The van der Waals surface area contributed by atoms with E-state index in [1.807, 2.05) is 6.20 Å². The molecule has 30 heavy (non-hydrogen) atoms. The lowest BCUT2D eigenvalue weighted by atomic mass is 10.1. The first-order valence-electron chi connectivity index (χ1n) is 10.00. The first-order chi connectivity index (χ1) is 14.5. The van der Waals surface area contributed by atoms with Crippen molar-refractivity contribution in [3.05, 3.63) is 54.7 Å². The van der Waals surface area contributed by atoms with Crippen molar-refractivity contribution >= 4 is 28.4 Å². The molecule has 0 bridgehead atoms. The van der Waals surface area contributed by atoms with Crippen molar-refractivity contribution in [1.29, 1.82) is 0 Å². The van der Waals surface area contributed by atoms with E-state index in [1.54, 1.807) is 23.9 Å². The Morgan fingerprint density at radius 2 is 1.73 bits per heavy atom. The number of H-pyrrole nitrogens is 1. The summed E-state index contributed by atoms with van der Waals surface area (Å²) in [4.78, 5) is 9.16. The van der Waals surface area contributed by atoms with E-state index < -0.39 is 6.36 Å². The first kappa shape index (κ1) is 20.9. The normalized spacial score (nSPS) is 15.6. The van der Waals surface area contributed by atoms with E-state index >= 15 is 0 Å². The average Bonchev–Trinajstić information content (AvgIpc) is 3.21.